The Morgan fingerprint density at radius 3 is 2.75 bits per heavy atom. The molecule has 1 aliphatic heterocycles. The Labute approximate surface area is 144 Å². The van der Waals surface area contributed by atoms with E-state index in [2.05, 4.69) is 51.8 Å². The van der Waals surface area contributed by atoms with Gasteiger partial charge in [-0.3, -0.25) is 4.90 Å². The molecule has 0 aliphatic carbocycles. The second-order valence-electron chi connectivity index (χ2n) is 6.37. The Bertz CT molecular complexity index is 614. The van der Waals surface area contributed by atoms with Gasteiger partial charge >= 0.3 is 0 Å². The van der Waals surface area contributed by atoms with Crippen LogP contribution in [0, 0.1) is 0 Å². The molecule has 1 fully saturated rings. The molecule has 1 saturated heterocycles. The van der Waals surface area contributed by atoms with Crippen molar-refractivity contribution in [2.24, 2.45) is 7.05 Å². The van der Waals surface area contributed by atoms with Crippen LogP contribution in [-0.4, -0.2) is 53.5 Å². The molecule has 2 atom stereocenters. The van der Waals surface area contributed by atoms with Gasteiger partial charge in [0.2, 0.25) is 0 Å². The molecule has 0 spiro atoms. The predicted molar refractivity (Wildman–Crippen MR) is 93.8 cm³/mol. The molecular weight excluding hydrogens is 302 g/mol. The lowest BCUT2D eigenvalue weighted by atomic mass is 10.0. The number of aryl methyl sites for hydroxylation is 1. The maximum Gasteiger partial charge on any atom is 0.122 e. The summed E-state index contributed by atoms with van der Waals surface area (Å²) in [6.45, 7) is 3.21. The Morgan fingerprint density at radius 1 is 1.21 bits per heavy atom. The Kier molecular flexibility index (Phi) is 6.01. The molecule has 5 nitrogen and oxygen atoms in total. The molecule has 130 valence electrons. The molecule has 0 saturated carbocycles. The van der Waals surface area contributed by atoms with E-state index in [0.29, 0.717) is 19.3 Å². The summed E-state index contributed by atoms with van der Waals surface area (Å²) in [5.74, 6) is 1.10. The Hall–Kier alpha value is -1.69. The summed E-state index contributed by atoms with van der Waals surface area (Å²) in [6, 6.07) is 11.0. The third-order valence-corrected chi connectivity index (χ3v) is 4.77. The van der Waals surface area contributed by atoms with E-state index < -0.39 is 0 Å². The molecule has 2 heterocycles. The third kappa shape index (κ3) is 4.23. The van der Waals surface area contributed by atoms with E-state index in [-0.39, 0.29) is 6.10 Å². The van der Waals surface area contributed by atoms with E-state index in [4.69, 9.17) is 9.47 Å². The number of likely N-dealkylation sites (tertiary alicyclic amines) is 1. The highest BCUT2D eigenvalue weighted by atomic mass is 16.5. The number of aromatic nitrogens is 2. The van der Waals surface area contributed by atoms with Crippen LogP contribution < -0.4 is 0 Å². The first-order valence-electron chi connectivity index (χ1n) is 8.62. The van der Waals surface area contributed by atoms with Crippen LogP contribution in [0.4, 0.5) is 0 Å². The summed E-state index contributed by atoms with van der Waals surface area (Å²) < 4.78 is 13.3. The highest BCUT2D eigenvalue weighted by molar-refractivity contribution is 5.17. The van der Waals surface area contributed by atoms with Crippen LogP contribution in [-0.2, 0) is 29.5 Å². The highest BCUT2D eigenvalue weighted by Crippen LogP contribution is 2.26. The lowest BCUT2D eigenvalue weighted by Gasteiger charge is -2.28. The molecule has 0 radical (unpaired) electrons. The van der Waals surface area contributed by atoms with Gasteiger partial charge in [0, 0.05) is 39.1 Å². The van der Waals surface area contributed by atoms with Gasteiger partial charge in [0.05, 0.1) is 25.9 Å². The highest BCUT2D eigenvalue weighted by Gasteiger charge is 2.35. The molecular formula is C19H27N3O2. The summed E-state index contributed by atoms with van der Waals surface area (Å²) in [6.07, 6.45) is 6.18. The maximum absolute atomic E-state index is 6.11. The SMILES string of the molecule is COCCO[C@@H]1CCN(Cc2nccn2C)[C@@H]1Cc1ccccc1. The summed E-state index contributed by atoms with van der Waals surface area (Å²) in [5.41, 5.74) is 1.36. The molecule has 0 unspecified atom stereocenters. The second-order valence-corrected chi connectivity index (χ2v) is 6.37. The van der Waals surface area contributed by atoms with Crippen molar-refractivity contribution < 1.29 is 9.47 Å². The van der Waals surface area contributed by atoms with Crippen LogP contribution in [0.25, 0.3) is 0 Å². The van der Waals surface area contributed by atoms with Crippen LogP contribution in [0.3, 0.4) is 0 Å². The number of hydrogen-bond donors (Lipinski definition) is 0. The zero-order valence-corrected chi connectivity index (χ0v) is 14.6. The van der Waals surface area contributed by atoms with Crippen molar-refractivity contribution in [3.63, 3.8) is 0 Å². The topological polar surface area (TPSA) is 39.5 Å². The van der Waals surface area contributed by atoms with Crippen molar-refractivity contribution in [1.82, 2.24) is 14.5 Å². The van der Waals surface area contributed by atoms with Crippen LogP contribution in [0.5, 0.6) is 0 Å². The van der Waals surface area contributed by atoms with E-state index >= 15 is 0 Å². The molecule has 1 aliphatic rings. The number of nitrogens with zero attached hydrogens (tertiary/aromatic N) is 3. The fourth-order valence-corrected chi connectivity index (χ4v) is 3.41. The normalized spacial score (nSPS) is 21.4. The predicted octanol–water partition coefficient (Wildman–Crippen LogP) is 2.27. The lowest BCUT2D eigenvalue weighted by molar-refractivity contribution is -0.00163. The van der Waals surface area contributed by atoms with Gasteiger partial charge in [0.15, 0.2) is 0 Å². The zero-order chi connectivity index (χ0) is 16.8. The fourth-order valence-electron chi connectivity index (χ4n) is 3.41. The Morgan fingerprint density at radius 2 is 2.04 bits per heavy atom. The van der Waals surface area contributed by atoms with Gasteiger partial charge in [-0.25, -0.2) is 4.98 Å². The molecule has 0 bridgehead atoms. The number of hydrogen-bond acceptors (Lipinski definition) is 4. The molecule has 5 heteroatoms. The van der Waals surface area contributed by atoms with Crippen molar-refractivity contribution in [3.05, 3.63) is 54.1 Å². The first-order valence-corrected chi connectivity index (χ1v) is 8.62. The molecule has 0 amide bonds. The number of benzene rings is 1. The quantitative estimate of drug-likeness (QED) is 0.697. The van der Waals surface area contributed by atoms with Crippen molar-refractivity contribution in [2.45, 2.75) is 31.5 Å². The summed E-state index contributed by atoms with van der Waals surface area (Å²) in [4.78, 5) is 6.99. The maximum atomic E-state index is 6.11. The molecule has 24 heavy (non-hydrogen) atoms. The van der Waals surface area contributed by atoms with Gasteiger partial charge in [-0.15, -0.1) is 0 Å². The zero-order valence-electron chi connectivity index (χ0n) is 14.6. The number of methoxy groups -OCH3 is 1. The van der Waals surface area contributed by atoms with Crippen molar-refractivity contribution >= 4 is 0 Å². The van der Waals surface area contributed by atoms with E-state index in [0.717, 1.165) is 31.8 Å². The van der Waals surface area contributed by atoms with E-state index in [9.17, 15) is 0 Å². The average molecular weight is 329 g/mol. The molecule has 0 N–H and O–H groups in total. The first kappa shape index (κ1) is 17.1. The molecule has 3 rings (SSSR count). The minimum atomic E-state index is 0.251. The van der Waals surface area contributed by atoms with E-state index in [1.165, 1.54) is 5.56 Å². The lowest BCUT2D eigenvalue weighted by Crippen LogP contribution is -2.38. The number of ether oxygens (including phenoxy) is 2. The largest absolute Gasteiger partial charge is 0.382 e. The first-order chi connectivity index (χ1) is 11.8. The van der Waals surface area contributed by atoms with Crippen LogP contribution >= 0.6 is 0 Å². The van der Waals surface area contributed by atoms with E-state index in [1.807, 2.05) is 12.4 Å². The standard InChI is InChI=1S/C19H27N3O2/c1-21-11-9-20-19(21)15-22-10-8-18(24-13-12-23-2)17(22)14-16-6-4-3-5-7-16/h3-7,9,11,17-18H,8,10,12-15H2,1-2H3/t17-,18-/m1/s1. The van der Waals surface area contributed by atoms with Crippen LogP contribution in [0.1, 0.15) is 17.8 Å². The number of imidazole rings is 1. The molecule has 1 aromatic heterocycles. The summed E-state index contributed by atoms with van der Waals surface area (Å²) in [7, 11) is 3.77. The van der Waals surface area contributed by atoms with Crippen LogP contribution in [0.2, 0.25) is 0 Å². The van der Waals surface area contributed by atoms with Gasteiger partial charge in [0.25, 0.3) is 0 Å². The Balaban J connectivity index is 1.70. The van der Waals surface area contributed by atoms with Crippen LogP contribution in [0.15, 0.2) is 42.7 Å². The van der Waals surface area contributed by atoms with Crippen molar-refractivity contribution in [1.29, 1.82) is 0 Å². The van der Waals surface area contributed by atoms with Crippen molar-refractivity contribution in [2.75, 3.05) is 26.9 Å². The van der Waals surface area contributed by atoms with Gasteiger partial charge in [-0.2, -0.15) is 0 Å². The van der Waals surface area contributed by atoms with Crippen molar-refractivity contribution in [3.8, 4) is 0 Å². The minimum Gasteiger partial charge on any atom is -0.382 e. The third-order valence-electron chi connectivity index (χ3n) is 4.77. The smallest absolute Gasteiger partial charge is 0.122 e. The summed E-state index contributed by atoms with van der Waals surface area (Å²) in [5, 5.41) is 0. The van der Waals surface area contributed by atoms with Gasteiger partial charge in [0.1, 0.15) is 5.82 Å². The van der Waals surface area contributed by atoms with E-state index in [1.54, 1.807) is 7.11 Å². The minimum absolute atomic E-state index is 0.251. The molecule has 2 aromatic rings. The van der Waals surface area contributed by atoms with Gasteiger partial charge < -0.3 is 14.0 Å². The average Bonchev–Trinajstić information content (AvgIpc) is 3.17. The second kappa shape index (κ2) is 8.42. The monoisotopic (exact) mass is 329 g/mol. The van der Waals surface area contributed by atoms with Gasteiger partial charge in [-0.05, 0) is 18.4 Å². The summed E-state index contributed by atoms with van der Waals surface area (Å²) >= 11 is 0. The fraction of sp³-hybridized carbons (Fsp3) is 0.526. The van der Waals surface area contributed by atoms with Gasteiger partial charge in [-0.1, -0.05) is 30.3 Å². The molecule has 1 aromatic carbocycles. The number of rotatable bonds is 8.